The summed E-state index contributed by atoms with van der Waals surface area (Å²) in [6.45, 7) is 0. The maximum absolute atomic E-state index is 5.10. The predicted molar refractivity (Wildman–Crippen MR) is 144 cm³/mol. The van der Waals surface area contributed by atoms with E-state index in [0.29, 0.717) is 0 Å². The van der Waals surface area contributed by atoms with E-state index < -0.39 is 0 Å². The van der Waals surface area contributed by atoms with Gasteiger partial charge in [0.2, 0.25) is 0 Å². The molecule has 0 aliphatic heterocycles. The topological polar surface area (TPSA) is 30.2 Å². The van der Waals surface area contributed by atoms with Crippen molar-refractivity contribution in [3.63, 3.8) is 0 Å². The van der Waals surface area contributed by atoms with Crippen molar-refractivity contribution in [2.45, 2.75) is 0 Å². The molecule has 0 bridgehead atoms. The molecule has 0 amide bonds. The van der Waals surface area contributed by atoms with E-state index in [2.05, 4.69) is 106 Å². The molecule has 0 fully saturated rings. The van der Waals surface area contributed by atoms with Crippen LogP contribution >= 0.6 is 0 Å². The molecule has 7 aromatic rings. The van der Waals surface area contributed by atoms with Crippen LogP contribution in [0.5, 0.6) is 0 Å². The van der Waals surface area contributed by atoms with E-state index in [0.717, 1.165) is 39.1 Å². The minimum atomic E-state index is 0.981. The Morgan fingerprint density at radius 1 is 0.486 bits per heavy atom. The maximum atomic E-state index is 5.10. The number of rotatable bonds is 3. The Kier molecular flexibility index (Phi) is 4.46. The van der Waals surface area contributed by atoms with Gasteiger partial charge in [-0.2, -0.15) is 0 Å². The van der Waals surface area contributed by atoms with Gasteiger partial charge in [-0.1, -0.05) is 78.9 Å². The molecule has 0 atom stereocenters. The normalized spacial score (nSPS) is 11.4. The van der Waals surface area contributed by atoms with E-state index in [1.807, 2.05) is 30.5 Å². The van der Waals surface area contributed by atoms with Gasteiger partial charge in [0.1, 0.15) is 0 Å². The Labute approximate surface area is 203 Å². The highest BCUT2D eigenvalue weighted by atomic mass is 14.9. The number of pyridine rings is 1. The standard InChI is InChI=1S/C32H21N3/c1-3-13-29-26(8-1)21-31-32(34-28-12-2-4-14-30(28)35(29)31)23-17-15-22(16-18-23)24-9-7-10-25(20-24)27-11-5-6-19-33-27/h1-21H. The average molecular weight is 448 g/mol. The van der Waals surface area contributed by atoms with Crippen LogP contribution in [0.4, 0.5) is 0 Å². The number of benzene rings is 4. The van der Waals surface area contributed by atoms with E-state index in [1.165, 1.54) is 22.0 Å². The fraction of sp³-hybridized carbons (Fsp3) is 0. The van der Waals surface area contributed by atoms with Gasteiger partial charge in [-0.25, -0.2) is 4.98 Å². The van der Waals surface area contributed by atoms with Crippen molar-refractivity contribution in [2.24, 2.45) is 0 Å². The summed E-state index contributed by atoms with van der Waals surface area (Å²) in [7, 11) is 0. The zero-order chi connectivity index (χ0) is 23.2. The first kappa shape index (κ1) is 19.7. The minimum absolute atomic E-state index is 0.981. The van der Waals surface area contributed by atoms with Crippen molar-refractivity contribution in [2.75, 3.05) is 0 Å². The van der Waals surface area contributed by atoms with Gasteiger partial charge in [-0.05, 0) is 53.6 Å². The lowest BCUT2D eigenvalue weighted by molar-refractivity contribution is 1.27. The van der Waals surface area contributed by atoms with Crippen LogP contribution in [0.25, 0.3) is 61.1 Å². The number of hydrogen-bond donors (Lipinski definition) is 0. The van der Waals surface area contributed by atoms with Crippen LogP contribution in [0.3, 0.4) is 0 Å². The SMILES string of the molecule is c1ccc(-c2cccc(-c3ccc(-c4nc5ccccc5n5c4cc4ccccc45)cc3)c2)nc1. The Morgan fingerprint density at radius 2 is 1.23 bits per heavy atom. The fourth-order valence-corrected chi connectivity index (χ4v) is 4.94. The first-order chi connectivity index (χ1) is 17.3. The summed E-state index contributed by atoms with van der Waals surface area (Å²) in [6, 6.07) is 42.4. The number of nitrogens with zero attached hydrogens (tertiary/aromatic N) is 3. The highest BCUT2D eigenvalue weighted by molar-refractivity contribution is 5.98. The van der Waals surface area contributed by atoms with Gasteiger partial charge in [0.25, 0.3) is 0 Å². The van der Waals surface area contributed by atoms with Crippen LogP contribution in [0, 0.1) is 0 Å². The Bertz CT molecular complexity index is 1830. The van der Waals surface area contributed by atoms with Gasteiger partial charge in [0.05, 0.1) is 33.5 Å². The van der Waals surface area contributed by atoms with Crippen LogP contribution in [-0.4, -0.2) is 14.4 Å². The molecule has 3 heterocycles. The van der Waals surface area contributed by atoms with E-state index in [4.69, 9.17) is 4.98 Å². The molecule has 3 heteroatoms. The number of para-hydroxylation sites is 3. The molecule has 35 heavy (non-hydrogen) atoms. The molecule has 164 valence electrons. The summed E-state index contributed by atoms with van der Waals surface area (Å²) in [5.41, 5.74) is 11.0. The van der Waals surface area contributed by atoms with Crippen molar-refractivity contribution in [1.82, 2.24) is 14.4 Å². The lowest BCUT2D eigenvalue weighted by Crippen LogP contribution is -1.95. The lowest BCUT2D eigenvalue weighted by Gasteiger charge is -2.11. The molecule has 3 nitrogen and oxygen atoms in total. The molecule has 0 saturated heterocycles. The summed E-state index contributed by atoms with van der Waals surface area (Å²) >= 11 is 0. The fourth-order valence-electron chi connectivity index (χ4n) is 4.94. The molecule has 0 saturated carbocycles. The van der Waals surface area contributed by atoms with Crippen molar-refractivity contribution in [1.29, 1.82) is 0 Å². The van der Waals surface area contributed by atoms with Crippen molar-refractivity contribution in [3.05, 3.63) is 128 Å². The first-order valence-corrected chi connectivity index (χ1v) is 11.8. The third kappa shape index (κ3) is 3.29. The molecule has 3 aromatic heterocycles. The predicted octanol–water partition coefficient (Wildman–Crippen LogP) is 8.04. The molecule has 4 aromatic carbocycles. The molecule has 7 rings (SSSR count). The summed E-state index contributed by atoms with van der Waals surface area (Å²) in [5.74, 6) is 0. The van der Waals surface area contributed by atoms with Crippen molar-refractivity contribution >= 4 is 27.5 Å². The zero-order valence-corrected chi connectivity index (χ0v) is 19.0. The number of fused-ring (bicyclic) bond motifs is 5. The third-order valence-corrected chi connectivity index (χ3v) is 6.62. The highest BCUT2D eigenvalue weighted by Crippen LogP contribution is 2.33. The van der Waals surface area contributed by atoms with Crippen LogP contribution in [0.2, 0.25) is 0 Å². The van der Waals surface area contributed by atoms with Gasteiger partial charge < -0.3 is 4.40 Å². The molecular formula is C32H21N3. The average Bonchev–Trinajstić information content (AvgIpc) is 3.33. The van der Waals surface area contributed by atoms with Gasteiger partial charge in [0, 0.05) is 22.7 Å². The van der Waals surface area contributed by atoms with Gasteiger partial charge in [-0.15, -0.1) is 0 Å². The van der Waals surface area contributed by atoms with Crippen LogP contribution in [0.1, 0.15) is 0 Å². The molecule has 0 N–H and O–H groups in total. The second-order valence-electron chi connectivity index (χ2n) is 8.75. The van der Waals surface area contributed by atoms with Crippen LogP contribution in [-0.2, 0) is 0 Å². The largest absolute Gasteiger partial charge is 0.306 e. The molecule has 0 aliphatic carbocycles. The van der Waals surface area contributed by atoms with E-state index in [1.54, 1.807) is 0 Å². The van der Waals surface area contributed by atoms with Crippen LogP contribution in [0.15, 0.2) is 128 Å². The Morgan fingerprint density at radius 3 is 2.09 bits per heavy atom. The van der Waals surface area contributed by atoms with Crippen LogP contribution < -0.4 is 0 Å². The summed E-state index contributed by atoms with van der Waals surface area (Å²) in [4.78, 5) is 9.59. The van der Waals surface area contributed by atoms with E-state index in [9.17, 15) is 0 Å². The molecule has 0 unspecified atom stereocenters. The third-order valence-electron chi connectivity index (χ3n) is 6.62. The molecule has 0 aliphatic rings. The number of aromatic nitrogens is 3. The minimum Gasteiger partial charge on any atom is -0.306 e. The Balaban J connectivity index is 1.37. The van der Waals surface area contributed by atoms with Crippen molar-refractivity contribution < 1.29 is 0 Å². The van der Waals surface area contributed by atoms with Gasteiger partial charge >= 0.3 is 0 Å². The summed E-state index contributed by atoms with van der Waals surface area (Å²) in [5, 5.41) is 1.22. The zero-order valence-electron chi connectivity index (χ0n) is 19.0. The quantitative estimate of drug-likeness (QED) is 0.274. The van der Waals surface area contributed by atoms with Gasteiger partial charge in [0.15, 0.2) is 0 Å². The number of hydrogen-bond acceptors (Lipinski definition) is 2. The van der Waals surface area contributed by atoms with Crippen molar-refractivity contribution in [3.8, 4) is 33.6 Å². The molecule has 0 spiro atoms. The summed E-state index contributed by atoms with van der Waals surface area (Å²) < 4.78 is 2.33. The highest BCUT2D eigenvalue weighted by Gasteiger charge is 2.14. The monoisotopic (exact) mass is 447 g/mol. The maximum Gasteiger partial charge on any atom is 0.0950 e. The van der Waals surface area contributed by atoms with E-state index >= 15 is 0 Å². The first-order valence-electron chi connectivity index (χ1n) is 11.8. The second kappa shape index (κ2) is 7.93. The smallest absolute Gasteiger partial charge is 0.0950 e. The molecular weight excluding hydrogens is 426 g/mol. The summed E-state index contributed by atoms with van der Waals surface area (Å²) in [6.07, 6.45) is 1.83. The molecule has 0 radical (unpaired) electrons. The van der Waals surface area contributed by atoms with E-state index in [-0.39, 0.29) is 0 Å². The lowest BCUT2D eigenvalue weighted by atomic mass is 9.99. The Hall–Kier alpha value is -4.76. The van der Waals surface area contributed by atoms with Gasteiger partial charge in [-0.3, -0.25) is 4.98 Å². The second-order valence-corrected chi connectivity index (χ2v) is 8.75.